The maximum absolute atomic E-state index is 10.1. The van der Waals surface area contributed by atoms with Crippen molar-refractivity contribution in [2.45, 2.75) is 46.4 Å². The maximum atomic E-state index is 10.1. The third kappa shape index (κ3) is 4.89. The first kappa shape index (κ1) is 16.1. The molecule has 19 heavy (non-hydrogen) atoms. The second kappa shape index (κ2) is 7.57. The molecule has 0 aliphatic rings. The van der Waals surface area contributed by atoms with Gasteiger partial charge in [-0.15, -0.1) is 0 Å². The fourth-order valence-electron chi connectivity index (χ4n) is 1.87. The lowest BCUT2D eigenvalue weighted by Crippen LogP contribution is -2.32. The minimum Gasteiger partial charge on any atom is -0.338 e. The maximum Gasteiger partial charge on any atom is 0.256 e. The van der Waals surface area contributed by atoms with Gasteiger partial charge in [0.1, 0.15) is 0 Å². The van der Waals surface area contributed by atoms with E-state index in [9.17, 15) is 4.89 Å². The van der Waals surface area contributed by atoms with Crippen LogP contribution in [-0.4, -0.2) is 21.6 Å². The van der Waals surface area contributed by atoms with Crippen LogP contribution in [0.5, 0.6) is 0 Å². The molecule has 0 aliphatic heterocycles. The van der Waals surface area contributed by atoms with Gasteiger partial charge in [0.2, 0.25) is 0 Å². The molecular weight excluding hydrogens is 259 g/mol. The van der Waals surface area contributed by atoms with Crippen LogP contribution in [0.15, 0.2) is 24.3 Å². The molecule has 0 aromatic heterocycles. The number of hydrogen-bond donors (Lipinski definition) is 1. The van der Waals surface area contributed by atoms with Gasteiger partial charge in [-0.3, -0.25) is 0 Å². The summed E-state index contributed by atoms with van der Waals surface area (Å²) in [5, 5.41) is 8.72. The molecule has 1 N–H and O–H groups in total. The molecule has 0 spiro atoms. The molecule has 104 valence electrons. The van der Waals surface area contributed by atoms with Crippen molar-refractivity contribution in [3.05, 3.63) is 35.4 Å². The minimum absolute atomic E-state index is 0.233. The molecule has 0 bridgehead atoms. The van der Waals surface area contributed by atoms with E-state index in [2.05, 4.69) is 6.07 Å². The number of nitrogens with zero attached hydrogens (tertiary/aromatic N) is 2. The normalized spacial score (nSPS) is 13.0. The minimum atomic E-state index is -1.59. The van der Waals surface area contributed by atoms with Gasteiger partial charge in [-0.2, -0.15) is 5.26 Å². The van der Waals surface area contributed by atoms with Gasteiger partial charge in [-0.25, -0.2) is 4.67 Å². The molecule has 0 aliphatic carbocycles. The molecule has 0 heterocycles. The van der Waals surface area contributed by atoms with Crippen molar-refractivity contribution in [1.29, 1.82) is 5.26 Å². The molecular formula is C14H21N2O2P. The Morgan fingerprint density at radius 2 is 1.74 bits per heavy atom. The van der Waals surface area contributed by atoms with Crippen LogP contribution in [0.1, 0.15) is 38.8 Å². The Kier molecular flexibility index (Phi) is 6.41. The summed E-state index contributed by atoms with van der Waals surface area (Å²) >= 11 is 0. The zero-order valence-electron chi connectivity index (χ0n) is 11.9. The molecule has 0 fully saturated rings. The van der Waals surface area contributed by atoms with Gasteiger partial charge in [-0.1, -0.05) is 12.1 Å². The van der Waals surface area contributed by atoms with Gasteiger partial charge in [0.25, 0.3) is 8.53 Å². The van der Waals surface area contributed by atoms with Crippen LogP contribution in [0.2, 0.25) is 0 Å². The highest BCUT2D eigenvalue weighted by Crippen LogP contribution is 2.41. The number of hydrogen-bond acceptors (Lipinski definition) is 4. The standard InChI is InChI=1S/C14H21N2O2P/c1-11(2)16(12(3)4)19(17)18-10-14-7-5-13(9-15)6-8-14/h5-8,11-12,17H,10H2,1-4H3. The molecule has 1 aromatic rings. The van der Waals surface area contributed by atoms with Crippen molar-refractivity contribution in [3.8, 4) is 6.07 Å². The van der Waals surface area contributed by atoms with Crippen LogP contribution in [0.25, 0.3) is 0 Å². The summed E-state index contributed by atoms with van der Waals surface area (Å²) in [4.78, 5) is 10.1. The predicted molar refractivity (Wildman–Crippen MR) is 77.2 cm³/mol. The summed E-state index contributed by atoms with van der Waals surface area (Å²) in [6.45, 7) is 8.50. The van der Waals surface area contributed by atoms with E-state index in [-0.39, 0.29) is 12.1 Å². The monoisotopic (exact) mass is 280 g/mol. The summed E-state index contributed by atoms with van der Waals surface area (Å²) in [7, 11) is -1.59. The molecule has 0 amide bonds. The third-order valence-electron chi connectivity index (χ3n) is 2.69. The molecule has 1 rings (SSSR count). The van der Waals surface area contributed by atoms with Crippen LogP contribution in [0.4, 0.5) is 0 Å². The highest BCUT2D eigenvalue weighted by Gasteiger charge is 2.23. The van der Waals surface area contributed by atoms with Crippen molar-refractivity contribution in [3.63, 3.8) is 0 Å². The smallest absolute Gasteiger partial charge is 0.256 e. The number of benzene rings is 1. The Hall–Kier alpha value is -0.980. The Morgan fingerprint density at radius 1 is 1.21 bits per heavy atom. The molecule has 0 saturated carbocycles. The van der Waals surface area contributed by atoms with Gasteiger partial charge >= 0.3 is 0 Å². The Morgan fingerprint density at radius 3 is 2.16 bits per heavy atom. The quantitative estimate of drug-likeness (QED) is 0.811. The van der Waals surface area contributed by atoms with E-state index in [1.54, 1.807) is 12.1 Å². The second-order valence-electron chi connectivity index (χ2n) is 4.90. The SMILES string of the molecule is CC(C)N(C(C)C)P(O)OCc1ccc(C#N)cc1. The molecule has 1 aromatic carbocycles. The lowest BCUT2D eigenvalue weighted by atomic mass is 10.2. The van der Waals surface area contributed by atoms with Crippen molar-refractivity contribution in [2.24, 2.45) is 0 Å². The van der Waals surface area contributed by atoms with Crippen LogP contribution in [-0.2, 0) is 11.1 Å². The van der Waals surface area contributed by atoms with E-state index in [1.165, 1.54) is 0 Å². The van der Waals surface area contributed by atoms with Crippen molar-refractivity contribution < 1.29 is 9.42 Å². The van der Waals surface area contributed by atoms with Gasteiger partial charge in [0, 0.05) is 12.1 Å². The van der Waals surface area contributed by atoms with Gasteiger partial charge in [0.15, 0.2) is 0 Å². The van der Waals surface area contributed by atoms with Gasteiger partial charge in [0.05, 0.1) is 18.2 Å². The lowest BCUT2D eigenvalue weighted by molar-refractivity contribution is 0.206. The van der Waals surface area contributed by atoms with Crippen LogP contribution >= 0.6 is 8.53 Å². The van der Waals surface area contributed by atoms with Crippen molar-refractivity contribution >= 4 is 8.53 Å². The fourth-order valence-corrected chi connectivity index (χ4v) is 3.05. The average molecular weight is 280 g/mol. The zero-order chi connectivity index (χ0) is 14.4. The van der Waals surface area contributed by atoms with E-state index < -0.39 is 8.53 Å². The first-order chi connectivity index (χ1) is 8.95. The third-order valence-corrected chi connectivity index (χ3v) is 4.36. The number of rotatable bonds is 6. The summed E-state index contributed by atoms with van der Waals surface area (Å²) in [5.41, 5.74) is 1.58. The number of nitriles is 1. The topological polar surface area (TPSA) is 56.5 Å². The summed E-state index contributed by atoms with van der Waals surface area (Å²) in [6.07, 6.45) is 0. The summed E-state index contributed by atoms with van der Waals surface area (Å²) in [6, 6.07) is 9.73. The molecule has 0 radical (unpaired) electrons. The van der Waals surface area contributed by atoms with Gasteiger partial charge < -0.3 is 9.42 Å². The van der Waals surface area contributed by atoms with Crippen LogP contribution < -0.4 is 0 Å². The van der Waals surface area contributed by atoms with E-state index in [0.29, 0.717) is 12.2 Å². The highest BCUT2D eigenvalue weighted by molar-refractivity contribution is 7.43. The fraction of sp³-hybridized carbons (Fsp3) is 0.500. The van der Waals surface area contributed by atoms with E-state index in [4.69, 9.17) is 9.79 Å². The van der Waals surface area contributed by atoms with Gasteiger partial charge in [-0.05, 0) is 45.4 Å². The van der Waals surface area contributed by atoms with E-state index >= 15 is 0 Å². The second-order valence-corrected chi connectivity index (χ2v) is 6.13. The summed E-state index contributed by atoms with van der Waals surface area (Å²) < 4.78 is 7.51. The Balaban J connectivity index is 2.57. The Bertz CT molecular complexity index is 418. The van der Waals surface area contributed by atoms with Crippen LogP contribution in [0.3, 0.4) is 0 Å². The molecule has 4 nitrogen and oxygen atoms in total. The lowest BCUT2D eigenvalue weighted by Gasteiger charge is -2.32. The molecule has 1 atom stereocenters. The Labute approximate surface area is 116 Å². The predicted octanol–water partition coefficient (Wildman–Crippen LogP) is 3.41. The molecule has 0 saturated heterocycles. The van der Waals surface area contributed by atoms with Crippen LogP contribution in [0, 0.1) is 11.3 Å². The zero-order valence-corrected chi connectivity index (χ0v) is 12.8. The van der Waals surface area contributed by atoms with Crippen molar-refractivity contribution in [1.82, 2.24) is 4.67 Å². The summed E-state index contributed by atoms with van der Waals surface area (Å²) in [5.74, 6) is 0. The van der Waals surface area contributed by atoms with E-state index in [0.717, 1.165) is 5.56 Å². The first-order valence-electron chi connectivity index (χ1n) is 6.35. The van der Waals surface area contributed by atoms with Crippen molar-refractivity contribution in [2.75, 3.05) is 0 Å². The van der Waals surface area contributed by atoms with E-state index in [1.807, 2.05) is 44.5 Å². The first-order valence-corrected chi connectivity index (χ1v) is 7.51. The highest BCUT2D eigenvalue weighted by atomic mass is 31.2. The average Bonchev–Trinajstić information content (AvgIpc) is 2.36. The molecule has 1 unspecified atom stereocenters. The molecule has 5 heteroatoms. The largest absolute Gasteiger partial charge is 0.338 e.